The lowest BCUT2D eigenvalue weighted by Gasteiger charge is -2.35. The molecule has 1 aromatic heterocycles. The number of urea groups is 1. The summed E-state index contributed by atoms with van der Waals surface area (Å²) in [5.41, 5.74) is 0. The Morgan fingerprint density at radius 2 is 1.90 bits per heavy atom. The zero-order valence-corrected chi connectivity index (χ0v) is 11.8. The molecule has 2 aliphatic heterocycles. The fraction of sp³-hybridized carbons (Fsp3) is 0.538. The molecule has 0 aliphatic carbocycles. The normalized spacial score (nSPS) is 20.6. The van der Waals surface area contributed by atoms with Crippen LogP contribution in [0.15, 0.2) is 18.5 Å². The standard InChI is InChI=1S/C13H18N6O2/c20-11-2-5-16-13(21)19(11)10-17-6-8-18(9-7-17)12-14-3-1-4-15-12/h1,3-4H,2,5-10H2,(H,16,21)/p+1. The van der Waals surface area contributed by atoms with E-state index < -0.39 is 0 Å². The smallest absolute Gasteiger partial charge is 0.328 e. The third-order valence-electron chi connectivity index (χ3n) is 3.85. The molecule has 1 aromatic rings. The fourth-order valence-electron chi connectivity index (χ4n) is 2.64. The van der Waals surface area contributed by atoms with Crippen LogP contribution in [-0.4, -0.2) is 66.2 Å². The first kappa shape index (κ1) is 13.7. The topological polar surface area (TPSA) is 82.9 Å². The van der Waals surface area contributed by atoms with E-state index in [-0.39, 0.29) is 11.9 Å². The summed E-state index contributed by atoms with van der Waals surface area (Å²) < 4.78 is 0. The molecule has 0 unspecified atom stereocenters. The predicted octanol–water partition coefficient (Wildman–Crippen LogP) is -1.92. The number of nitrogens with zero attached hydrogens (tertiary/aromatic N) is 4. The van der Waals surface area contributed by atoms with Gasteiger partial charge < -0.3 is 15.1 Å². The van der Waals surface area contributed by atoms with Gasteiger partial charge in [0.25, 0.3) is 0 Å². The number of anilines is 1. The van der Waals surface area contributed by atoms with E-state index in [1.165, 1.54) is 9.80 Å². The Morgan fingerprint density at radius 1 is 1.19 bits per heavy atom. The number of rotatable bonds is 3. The Balaban J connectivity index is 1.54. The molecule has 2 fully saturated rings. The molecule has 21 heavy (non-hydrogen) atoms. The van der Waals surface area contributed by atoms with Crippen LogP contribution in [0.4, 0.5) is 10.7 Å². The molecule has 8 heteroatoms. The van der Waals surface area contributed by atoms with Crippen molar-refractivity contribution in [2.75, 3.05) is 44.3 Å². The minimum Gasteiger partial charge on any atom is -0.337 e. The number of quaternary nitrogens is 1. The largest absolute Gasteiger partial charge is 0.337 e. The molecule has 0 atom stereocenters. The van der Waals surface area contributed by atoms with Gasteiger partial charge in [-0.05, 0) is 6.07 Å². The second kappa shape index (κ2) is 6.04. The molecule has 0 spiro atoms. The molecule has 8 nitrogen and oxygen atoms in total. The molecule has 0 radical (unpaired) electrons. The van der Waals surface area contributed by atoms with Gasteiger partial charge in [-0.1, -0.05) is 0 Å². The zero-order valence-electron chi connectivity index (χ0n) is 11.8. The molecule has 112 valence electrons. The first-order chi connectivity index (χ1) is 10.2. The molecular formula is C13H19N6O2+. The molecule has 3 heterocycles. The highest BCUT2D eigenvalue weighted by atomic mass is 16.2. The van der Waals surface area contributed by atoms with Crippen LogP contribution >= 0.6 is 0 Å². The number of amides is 3. The highest BCUT2D eigenvalue weighted by molar-refractivity contribution is 5.96. The van der Waals surface area contributed by atoms with Gasteiger partial charge in [0.2, 0.25) is 11.9 Å². The lowest BCUT2D eigenvalue weighted by molar-refractivity contribution is -0.908. The van der Waals surface area contributed by atoms with Gasteiger partial charge in [0.1, 0.15) is 0 Å². The highest BCUT2D eigenvalue weighted by Gasteiger charge is 2.31. The summed E-state index contributed by atoms with van der Waals surface area (Å²) in [5.74, 6) is 0.656. The van der Waals surface area contributed by atoms with E-state index in [1.807, 2.05) is 0 Å². The quantitative estimate of drug-likeness (QED) is 0.678. The van der Waals surface area contributed by atoms with E-state index >= 15 is 0 Å². The first-order valence-electron chi connectivity index (χ1n) is 7.18. The van der Waals surface area contributed by atoms with E-state index in [9.17, 15) is 9.59 Å². The average molecular weight is 291 g/mol. The number of carbonyl (C=O) groups is 2. The van der Waals surface area contributed by atoms with E-state index in [0.717, 1.165) is 32.1 Å². The maximum absolute atomic E-state index is 11.8. The number of aromatic nitrogens is 2. The van der Waals surface area contributed by atoms with E-state index in [4.69, 9.17) is 0 Å². The fourth-order valence-corrected chi connectivity index (χ4v) is 2.64. The maximum atomic E-state index is 11.8. The Labute approximate surface area is 122 Å². The third-order valence-corrected chi connectivity index (χ3v) is 3.85. The van der Waals surface area contributed by atoms with Crippen molar-refractivity contribution in [2.24, 2.45) is 0 Å². The van der Waals surface area contributed by atoms with Gasteiger partial charge in [0, 0.05) is 25.4 Å². The average Bonchev–Trinajstić information content (AvgIpc) is 2.53. The molecule has 3 amide bonds. The van der Waals surface area contributed by atoms with Crippen molar-refractivity contribution < 1.29 is 14.5 Å². The van der Waals surface area contributed by atoms with Crippen LogP contribution in [0, 0.1) is 0 Å². The highest BCUT2D eigenvalue weighted by Crippen LogP contribution is 2.04. The van der Waals surface area contributed by atoms with Crippen molar-refractivity contribution in [2.45, 2.75) is 6.42 Å². The summed E-state index contributed by atoms with van der Waals surface area (Å²) in [6.45, 7) is 4.24. The summed E-state index contributed by atoms with van der Waals surface area (Å²) in [7, 11) is 0. The Morgan fingerprint density at radius 3 is 2.57 bits per heavy atom. The monoisotopic (exact) mass is 291 g/mol. The van der Waals surface area contributed by atoms with E-state index in [1.54, 1.807) is 18.5 Å². The van der Waals surface area contributed by atoms with E-state index in [0.29, 0.717) is 19.6 Å². The van der Waals surface area contributed by atoms with Crippen LogP contribution < -0.4 is 15.1 Å². The Bertz CT molecular complexity index is 499. The summed E-state index contributed by atoms with van der Waals surface area (Å²) in [6, 6.07) is 1.53. The summed E-state index contributed by atoms with van der Waals surface area (Å²) in [5, 5.41) is 2.71. The Kier molecular flexibility index (Phi) is 3.96. The minimum absolute atomic E-state index is 0.0833. The molecule has 0 bridgehead atoms. The van der Waals surface area contributed by atoms with Crippen molar-refractivity contribution in [1.82, 2.24) is 20.2 Å². The second-order valence-electron chi connectivity index (χ2n) is 5.25. The third kappa shape index (κ3) is 3.10. The van der Waals surface area contributed by atoms with E-state index in [2.05, 4.69) is 20.2 Å². The van der Waals surface area contributed by atoms with Crippen LogP contribution in [0.25, 0.3) is 0 Å². The number of piperazine rings is 1. The van der Waals surface area contributed by atoms with Crippen molar-refractivity contribution in [1.29, 1.82) is 0 Å². The van der Waals surface area contributed by atoms with Crippen LogP contribution in [0.2, 0.25) is 0 Å². The molecule has 2 saturated heterocycles. The predicted molar refractivity (Wildman–Crippen MR) is 74.7 cm³/mol. The van der Waals surface area contributed by atoms with Gasteiger partial charge >= 0.3 is 6.03 Å². The molecule has 0 aromatic carbocycles. The molecule has 3 rings (SSSR count). The van der Waals surface area contributed by atoms with Crippen LogP contribution in [0.1, 0.15) is 6.42 Å². The van der Waals surface area contributed by atoms with Gasteiger partial charge in [-0.3, -0.25) is 4.79 Å². The lowest BCUT2D eigenvalue weighted by atomic mass is 10.3. The molecular weight excluding hydrogens is 272 g/mol. The van der Waals surface area contributed by atoms with Gasteiger partial charge in [-0.2, -0.15) is 0 Å². The van der Waals surface area contributed by atoms with Gasteiger partial charge in [-0.15, -0.1) is 0 Å². The summed E-state index contributed by atoms with van der Waals surface area (Å²) in [4.78, 5) is 36.7. The maximum Gasteiger partial charge on any atom is 0.328 e. The number of hydrogen-bond donors (Lipinski definition) is 2. The van der Waals surface area contributed by atoms with Gasteiger partial charge in [0.15, 0.2) is 6.67 Å². The molecule has 2 aliphatic rings. The second-order valence-corrected chi connectivity index (χ2v) is 5.25. The molecule has 0 saturated carbocycles. The minimum atomic E-state index is -0.271. The van der Waals surface area contributed by atoms with Gasteiger partial charge in [0.05, 0.1) is 26.2 Å². The van der Waals surface area contributed by atoms with Crippen LogP contribution in [0.3, 0.4) is 0 Å². The summed E-state index contributed by atoms with van der Waals surface area (Å²) >= 11 is 0. The number of nitrogens with one attached hydrogen (secondary N) is 2. The number of carbonyl (C=O) groups excluding carboxylic acids is 2. The number of hydrogen-bond acceptors (Lipinski definition) is 5. The summed E-state index contributed by atoms with van der Waals surface area (Å²) in [6.07, 6.45) is 3.86. The van der Waals surface area contributed by atoms with Crippen molar-refractivity contribution >= 4 is 17.9 Å². The van der Waals surface area contributed by atoms with Crippen molar-refractivity contribution in [3.8, 4) is 0 Å². The Hall–Kier alpha value is -2.22. The van der Waals surface area contributed by atoms with Crippen molar-refractivity contribution in [3.05, 3.63) is 18.5 Å². The van der Waals surface area contributed by atoms with Crippen LogP contribution in [0.5, 0.6) is 0 Å². The SMILES string of the molecule is O=C1CCNC(=O)N1C[NH+]1CCN(c2ncccn2)CC1. The lowest BCUT2D eigenvalue weighted by Crippen LogP contribution is -3.16. The zero-order chi connectivity index (χ0) is 14.7. The van der Waals surface area contributed by atoms with Crippen LogP contribution in [-0.2, 0) is 4.79 Å². The first-order valence-corrected chi connectivity index (χ1v) is 7.18. The molecule has 2 N–H and O–H groups in total. The van der Waals surface area contributed by atoms with Crippen molar-refractivity contribution in [3.63, 3.8) is 0 Å². The van der Waals surface area contributed by atoms with Gasteiger partial charge in [-0.25, -0.2) is 19.7 Å². The number of imide groups is 1.